The van der Waals surface area contributed by atoms with Crippen molar-refractivity contribution < 1.29 is 14.9 Å². The smallest absolute Gasteiger partial charge is 0.342 e. The molecule has 1 aromatic heterocycles. The number of hydrogen-bond donors (Lipinski definition) is 1. The second-order valence-electron chi connectivity index (χ2n) is 4.97. The number of hydrogen-bond acceptors (Lipinski definition) is 6. The molecular formula is C11H14N4O4. The normalized spacial score (nSPS) is 29.6. The molecule has 1 saturated carbocycles. The van der Waals surface area contributed by atoms with Crippen molar-refractivity contribution in [2.75, 3.05) is 0 Å². The lowest BCUT2D eigenvalue weighted by molar-refractivity contribution is -0.391. The molecular weight excluding hydrogens is 252 g/mol. The fourth-order valence-electron chi connectivity index (χ4n) is 2.78. The maximum Gasteiger partial charge on any atom is 0.342 e. The van der Waals surface area contributed by atoms with Crippen LogP contribution in [0.25, 0.3) is 0 Å². The SMILES string of the molecule is Cn1c([N+](=O)[O-])cnc1C1=NOC2(O)CCCCC12. The van der Waals surface area contributed by atoms with Crippen LogP contribution < -0.4 is 0 Å². The molecule has 0 aromatic carbocycles. The Balaban J connectivity index is 1.97. The van der Waals surface area contributed by atoms with Crippen LogP contribution in [0.1, 0.15) is 31.5 Å². The van der Waals surface area contributed by atoms with Crippen LogP contribution in [0.4, 0.5) is 5.82 Å². The van der Waals surface area contributed by atoms with Crippen LogP contribution in [-0.4, -0.2) is 31.1 Å². The van der Waals surface area contributed by atoms with Crippen molar-refractivity contribution in [2.24, 2.45) is 18.1 Å². The van der Waals surface area contributed by atoms with Crippen molar-refractivity contribution in [3.8, 4) is 0 Å². The van der Waals surface area contributed by atoms with E-state index in [0.29, 0.717) is 18.0 Å². The molecule has 2 atom stereocenters. The Hall–Kier alpha value is -1.96. The van der Waals surface area contributed by atoms with Crippen LogP contribution in [0.2, 0.25) is 0 Å². The van der Waals surface area contributed by atoms with Gasteiger partial charge in [-0.1, -0.05) is 11.6 Å². The number of rotatable bonds is 2. The van der Waals surface area contributed by atoms with Crippen LogP contribution in [0.3, 0.4) is 0 Å². The molecule has 0 saturated heterocycles. The van der Waals surface area contributed by atoms with Gasteiger partial charge in [-0.2, -0.15) is 0 Å². The maximum absolute atomic E-state index is 10.8. The minimum atomic E-state index is -1.27. The molecule has 8 heteroatoms. The van der Waals surface area contributed by atoms with Gasteiger partial charge in [0.05, 0.1) is 13.0 Å². The molecule has 1 aromatic rings. The average Bonchev–Trinajstić information content (AvgIpc) is 2.89. The molecule has 2 aliphatic rings. The van der Waals surface area contributed by atoms with Crippen LogP contribution in [-0.2, 0) is 11.9 Å². The van der Waals surface area contributed by atoms with Gasteiger partial charge in [-0.05, 0) is 17.8 Å². The lowest BCUT2D eigenvalue weighted by Crippen LogP contribution is -2.42. The molecule has 0 amide bonds. The first-order valence-corrected chi connectivity index (χ1v) is 6.18. The number of aliphatic hydroxyl groups is 1. The Bertz CT molecular complexity index is 567. The third-order valence-electron chi connectivity index (χ3n) is 3.83. The lowest BCUT2D eigenvalue weighted by atomic mass is 9.80. The van der Waals surface area contributed by atoms with Crippen molar-refractivity contribution in [1.29, 1.82) is 0 Å². The summed E-state index contributed by atoms with van der Waals surface area (Å²) in [5, 5.41) is 25.1. The standard InChI is InChI=1S/C11H14N4O4/c1-14-8(15(17)18)6-12-10(14)9-7-4-2-3-5-11(7,16)19-13-9/h6-7,16H,2-5H2,1H3. The molecule has 8 nitrogen and oxygen atoms in total. The summed E-state index contributed by atoms with van der Waals surface area (Å²) in [6.07, 6.45) is 4.32. The van der Waals surface area contributed by atoms with Crippen molar-refractivity contribution in [3.63, 3.8) is 0 Å². The number of oxime groups is 1. The molecule has 1 N–H and O–H groups in total. The maximum atomic E-state index is 10.8. The Morgan fingerprint density at radius 2 is 2.42 bits per heavy atom. The molecule has 102 valence electrons. The van der Waals surface area contributed by atoms with Gasteiger partial charge in [0, 0.05) is 6.42 Å². The van der Waals surface area contributed by atoms with Crippen LogP contribution in [0.5, 0.6) is 0 Å². The van der Waals surface area contributed by atoms with E-state index in [9.17, 15) is 15.2 Å². The predicted molar refractivity (Wildman–Crippen MR) is 64.4 cm³/mol. The number of imidazole rings is 1. The topological polar surface area (TPSA) is 103 Å². The first-order valence-electron chi connectivity index (χ1n) is 6.18. The highest BCUT2D eigenvalue weighted by Crippen LogP contribution is 2.41. The second kappa shape index (κ2) is 4.02. The van der Waals surface area contributed by atoms with Crippen molar-refractivity contribution in [3.05, 3.63) is 22.1 Å². The molecule has 0 radical (unpaired) electrons. The van der Waals surface area contributed by atoms with Crippen molar-refractivity contribution >= 4 is 11.5 Å². The number of aromatic nitrogens is 2. The monoisotopic (exact) mass is 266 g/mol. The summed E-state index contributed by atoms with van der Waals surface area (Å²) in [4.78, 5) is 19.5. The fraction of sp³-hybridized carbons (Fsp3) is 0.636. The molecule has 1 fully saturated rings. The average molecular weight is 266 g/mol. The van der Waals surface area contributed by atoms with Crippen LogP contribution >= 0.6 is 0 Å². The van der Waals surface area contributed by atoms with Gasteiger partial charge in [0.25, 0.3) is 0 Å². The highest BCUT2D eigenvalue weighted by Gasteiger charge is 2.51. The van der Waals surface area contributed by atoms with Crippen molar-refractivity contribution in [1.82, 2.24) is 9.55 Å². The highest BCUT2D eigenvalue weighted by molar-refractivity contribution is 6.01. The minimum Gasteiger partial charge on any atom is -0.359 e. The Morgan fingerprint density at radius 3 is 3.11 bits per heavy atom. The number of fused-ring (bicyclic) bond motifs is 1. The van der Waals surface area contributed by atoms with Gasteiger partial charge in [-0.15, -0.1) is 0 Å². The van der Waals surface area contributed by atoms with Gasteiger partial charge in [-0.3, -0.25) is 0 Å². The van der Waals surface area contributed by atoms with Crippen LogP contribution in [0.15, 0.2) is 11.4 Å². The zero-order valence-electron chi connectivity index (χ0n) is 10.4. The first-order chi connectivity index (χ1) is 9.03. The second-order valence-corrected chi connectivity index (χ2v) is 4.97. The van der Waals surface area contributed by atoms with Gasteiger partial charge in [0.2, 0.25) is 11.6 Å². The minimum absolute atomic E-state index is 0.107. The molecule has 2 unspecified atom stereocenters. The van der Waals surface area contributed by atoms with Crippen LogP contribution in [0, 0.1) is 16.0 Å². The Labute approximate surface area is 108 Å². The molecule has 3 rings (SSSR count). The van der Waals surface area contributed by atoms with Gasteiger partial charge in [-0.25, -0.2) is 9.55 Å². The molecule has 1 aliphatic heterocycles. The van der Waals surface area contributed by atoms with Gasteiger partial charge in [0.1, 0.15) is 6.20 Å². The Morgan fingerprint density at radius 1 is 1.63 bits per heavy atom. The summed E-state index contributed by atoms with van der Waals surface area (Å²) >= 11 is 0. The van der Waals surface area contributed by atoms with E-state index in [1.165, 1.54) is 10.8 Å². The molecule has 19 heavy (non-hydrogen) atoms. The highest BCUT2D eigenvalue weighted by atomic mass is 16.7. The van der Waals surface area contributed by atoms with E-state index in [2.05, 4.69) is 10.1 Å². The van der Waals surface area contributed by atoms with E-state index in [0.717, 1.165) is 19.3 Å². The zero-order chi connectivity index (χ0) is 13.6. The first kappa shape index (κ1) is 12.1. The lowest BCUT2D eigenvalue weighted by Gasteiger charge is -2.31. The van der Waals surface area contributed by atoms with Gasteiger partial charge >= 0.3 is 5.82 Å². The third-order valence-corrected chi connectivity index (χ3v) is 3.83. The van der Waals surface area contributed by atoms with E-state index < -0.39 is 10.7 Å². The predicted octanol–water partition coefficient (Wildman–Crippen LogP) is 0.941. The van der Waals surface area contributed by atoms with Gasteiger partial charge in [0.15, 0.2) is 5.71 Å². The van der Waals surface area contributed by atoms with E-state index in [-0.39, 0.29) is 11.7 Å². The molecule has 0 bridgehead atoms. The fourth-order valence-corrected chi connectivity index (χ4v) is 2.78. The largest absolute Gasteiger partial charge is 0.359 e. The van der Waals surface area contributed by atoms with E-state index >= 15 is 0 Å². The molecule has 1 aliphatic carbocycles. The van der Waals surface area contributed by atoms with E-state index in [1.807, 2.05) is 0 Å². The molecule has 2 heterocycles. The van der Waals surface area contributed by atoms with Crippen molar-refractivity contribution in [2.45, 2.75) is 31.5 Å². The Kier molecular flexibility index (Phi) is 2.56. The summed E-state index contributed by atoms with van der Waals surface area (Å²) in [6, 6.07) is 0. The number of nitro groups is 1. The molecule has 0 spiro atoms. The van der Waals surface area contributed by atoms with Gasteiger partial charge < -0.3 is 20.1 Å². The summed E-state index contributed by atoms with van der Waals surface area (Å²) in [7, 11) is 1.56. The summed E-state index contributed by atoms with van der Waals surface area (Å²) in [6.45, 7) is 0. The number of nitrogens with zero attached hydrogens (tertiary/aromatic N) is 4. The quantitative estimate of drug-likeness (QED) is 0.633. The zero-order valence-corrected chi connectivity index (χ0v) is 10.4. The van der Waals surface area contributed by atoms with E-state index in [1.54, 1.807) is 7.05 Å². The third kappa shape index (κ3) is 1.71. The van der Waals surface area contributed by atoms with E-state index in [4.69, 9.17) is 4.84 Å². The summed E-state index contributed by atoms with van der Waals surface area (Å²) in [5.41, 5.74) is 0.498. The summed E-state index contributed by atoms with van der Waals surface area (Å²) < 4.78 is 1.36. The summed E-state index contributed by atoms with van der Waals surface area (Å²) in [5.74, 6) is -1.26.